The summed E-state index contributed by atoms with van der Waals surface area (Å²) in [5, 5.41) is 20.9. The molecule has 0 aliphatic rings. The van der Waals surface area contributed by atoms with E-state index in [0.29, 0.717) is 24.4 Å². The molecule has 0 bridgehead atoms. The summed E-state index contributed by atoms with van der Waals surface area (Å²) in [4.78, 5) is 0. The first-order chi connectivity index (χ1) is 7.29. The van der Waals surface area contributed by atoms with Crippen LogP contribution in [0.15, 0.2) is 23.0 Å². The molecule has 0 spiro atoms. The summed E-state index contributed by atoms with van der Waals surface area (Å²) >= 11 is 0. The maximum Gasteiger partial charge on any atom is 0.158 e. The van der Waals surface area contributed by atoms with Crippen LogP contribution in [-0.2, 0) is 6.54 Å². The smallest absolute Gasteiger partial charge is 0.158 e. The minimum Gasteiger partial charge on any atom is -0.387 e. The van der Waals surface area contributed by atoms with Crippen LogP contribution in [0, 0.1) is 0 Å². The zero-order valence-electron chi connectivity index (χ0n) is 8.37. The van der Waals surface area contributed by atoms with Gasteiger partial charge in [-0.25, -0.2) is 4.68 Å². The van der Waals surface area contributed by atoms with Crippen LogP contribution >= 0.6 is 0 Å². The molecule has 2 heterocycles. The van der Waals surface area contributed by atoms with Gasteiger partial charge in [0.2, 0.25) is 0 Å². The number of rotatable bonds is 4. The minimum absolute atomic E-state index is 0.476. The predicted octanol–water partition coefficient (Wildman–Crippen LogP) is 0.758. The van der Waals surface area contributed by atoms with E-state index in [0.717, 1.165) is 0 Å². The lowest BCUT2D eigenvalue weighted by Crippen LogP contribution is -1.99. The van der Waals surface area contributed by atoms with Crippen molar-refractivity contribution in [3.8, 4) is 0 Å². The molecule has 6 heteroatoms. The largest absolute Gasteiger partial charge is 0.387 e. The monoisotopic (exact) mass is 208 g/mol. The van der Waals surface area contributed by atoms with Gasteiger partial charge in [-0.15, -0.1) is 5.10 Å². The Labute approximate surface area is 86.5 Å². The Hall–Kier alpha value is -1.69. The maximum atomic E-state index is 9.52. The van der Waals surface area contributed by atoms with Crippen molar-refractivity contribution in [3.05, 3.63) is 29.9 Å². The van der Waals surface area contributed by atoms with E-state index in [1.165, 1.54) is 0 Å². The van der Waals surface area contributed by atoms with Crippen LogP contribution in [0.3, 0.4) is 0 Å². The third-order valence-electron chi connectivity index (χ3n) is 2.09. The fraction of sp³-hybridized carbons (Fsp3) is 0.444. The molecule has 1 N–H and O–H groups in total. The Balaban J connectivity index is 2.07. The van der Waals surface area contributed by atoms with E-state index in [2.05, 4.69) is 15.5 Å². The first-order valence-electron chi connectivity index (χ1n) is 4.77. The second-order valence-corrected chi connectivity index (χ2v) is 3.24. The predicted molar refractivity (Wildman–Crippen MR) is 50.9 cm³/mol. The second-order valence-electron chi connectivity index (χ2n) is 3.24. The molecule has 2 aromatic heterocycles. The lowest BCUT2D eigenvalue weighted by Gasteiger charge is -2.00. The van der Waals surface area contributed by atoms with Gasteiger partial charge < -0.3 is 9.63 Å². The van der Waals surface area contributed by atoms with E-state index in [-0.39, 0.29) is 0 Å². The van der Waals surface area contributed by atoms with Crippen LogP contribution in [0.4, 0.5) is 0 Å². The Bertz CT molecular complexity index is 409. The van der Waals surface area contributed by atoms with Crippen molar-refractivity contribution >= 4 is 0 Å². The average molecular weight is 208 g/mol. The fourth-order valence-electron chi connectivity index (χ4n) is 1.24. The van der Waals surface area contributed by atoms with Crippen molar-refractivity contribution < 1.29 is 9.63 Å². The number of aliphatic hydroxyl groups is 1. The normalized spacial score (nSPS) is 12.9. The van der Waals surface area contributed by atoms with Gasteiger partial charge >= 0.3 is 0 Å². The highest BCUT2D eigenvalue weighted by Crippen LogP contribution is 2.12. The first kappa shape index (κ1) is 9.85. The third-order valence-corrected chi connectivity index (χ3v) is 2.09. The van der Waals surface area contributed by atoms with E-state index in [4.69, 9.17) is 4.52 Å². The summed E-state index contributed by atoms with van der Waals surface area (Å²) in [6, 6.07) is 1.76. The van der Waals surface area contributed by atoms with Crippen molar-refractivity contribution in [2.24, 2.45) is 0 Å². The van der Waals surface area contributed by atoms with Gasteiger partial charge in [-0.2, -0.15) is 0 Å². The number of nitrogens with zero attached hydrogens (tertiary/aromatic N) is 4. The molecule has 6 nitrogen and oxygen atoms in total. The lowest BCUT2D eigenvalue weighted by molar-refractivity contribution is 0.168. The Morgan fingerprint density at radius 2 is 2.47 bits per heavy atom. The topological polar surface area (TPSA) is 77.0 Å². The summed E-state index contributed by atoms with van der Waals surface area (Å²) in [6.07, 6.45) is 3.36. The maximum absolute atomic E-state index is 9.52. The highest BCUT2D eigenvalue weighted by molar-refractivity contribution is 4.99. The molecule has 0 aliphatic carbocycles. The third kappa shape index (κ3) is 2.21. The highest BCUT2D eigenvalue weighted by Gasteiger charge is 2.10. The number of hydrogen-bond acceptors (Lipinski definition) is 5. The van der Waals surface area contributed by atoms with Gasteiger partial charge in [0.25, 0.3) is 0 Å². The van der Waals surface area contributed by atoms with Crippen LogP contribution < -0.4 is 0 Å². The SMILES string of the molecule is CCC(O)c1cn(Cc2ccno2)nn1. The van der Waals surface area contributed by atoms with Gasteiger partial charge in [0, 0.05) is 6.07 Å². The van der Waals surface area contributed by atoms with Crippen molar-refractivity contribution in [2.75, 3.05) is 0 Å². The number of hydrogen-bond donors (Lipinski definition) is 1. The fourth-order valence-corrected chi connectivity index (χ4v) is 1.24. The molecular weight excluding hydrogens is 196 g/mol. The Morgan fingerprint density at radius 3 is 3.13 bits per heavy atom. The lowest BCUT2D eigenvalue weighted by atomic mass is 10.2. The molecule has 0 saturated heterocycles. The van der Waals surface area contributed by atoms with Crippen LogP contribution in [0.1, 0.15) is 30.9 Å². The van der Waals surface area contributed by atoms with Crippen molar-refractivity contribution in [1.82, 2.24) is 20.2 Å². The Kier molecular flexibility index (Phi) is 2.77. The summed E-state index contributed by atoms with van der Waals surface area (Å²) in [6.45, 7) is 2.36. The molecule has 1 unspecified atom stereocenters. The van der Waals surface area contributed by atoms with E-state index in [9.17, 15) is 5.11 Å². The van der Waals surface area contributed by atoms with E-state index >= 15 is 0 Å². The molecule has 0 fully saturated rings. The molecular formula is C9H12N4O2. The van der Waals surface area contributed by atoms with Crippen LogP contribution in [0.2, 0.25) is 0 Å². The van der Waals surface area contributed by atoms with Gasteiger partial charge in [0.05, 0.1) is 18.5 Å². The summed E-state index contributed by atoms with van der Waals surface area (Å²) < 4.78 is 6.54. The van der Waals surface area contributed by atoms with Gasteiger partial charge in [0.15, 0.2) is 5.76 Å². The summed E-state index contributed by atoms with van der Waals surface area (Å²) in [7, 11) is 0. The molecule has 80 valence electrons. The zero-order chi connectivity index (χ0) is 10.7. The molecule has 0 saturated carbocycles. The summed E-state index contributed by atoms with van der Waals surface area (Å²) in [5.74, 6) is 0.706. The molecule has 2 aromatic rings. The van der Waals surface area contributed by atoms with Gasteiger partial charge in [-0.1, -0.05) is 17.3 Å². The molecule has 0 radical (unpaired) electrons. The van der Waals surface area contributed by atoms with Gasteiger partial charge in [-0.05, 0) is 6.42 Å². The minimum atomic E-state index is -0.548. The molecule has 0 amide bonds. The van der Waals surface area contributed by atoms with Gasteiger partial charge in [0.1, 0.15) is 12.2 Å². The van der Waals surface area contributed by atoms with Crippen LogP contribution in [0.25, 0.3) is 0 Å². The van der Waals surface area contributed by atoms with E-state index in [1.807, 2.05) is 6.92 Å². The van der Waals surface area contributed by atoms with E-state index < -0.39 is 6.10 Å². The number of aliphatic hydroxyl groups excluding tert-OH is 1. The second kappa shape index (κ2) is 4.22. The van der Waals surface area contributed by atoms with Crippen molar-refractivity contribution in [3.63, 3.8) is 0 Å². The van der Waals surface area contributed by atoms with E-state index in [1.54, 1.807) is 23.1 Å². The zero-order valence-corrected chi connectivity index (χ0v) is 8.37. The molecule has 0 aliphatic heterocycles. The quantitative estimate of drug-likeness (QED) is 0.802. The number of aromatic nitrogens is 4. The molecule has 0 aromatic carbocycles. The molecule has 2 rings (SSSR count). The highest BCUT2D eigenvalue weighted by atomic mass is 16.5. The van der Waals surface area contributed by atoms with Crippen molar-refractivity contribution in [1.29, 1.82) is 0 Å². The van der Waals surface area contributed by atoms with Crippen LogP contribution in [-0.4, -0.2) is 25.3 Å². The standard InChI is InChI=1S/C9H12N4O2/c1-2-9(14)8-6-13(12-11-8)5-7-3-4-10-15-7/h3-4,6,9,14H,2,5H2,1H3. The van der Waals surface area contributed by atoms with Crippen LogP contribution in [0.5, 0.6) is 0 Å². The summed E-state index contributed by atoms with van der Waals surface area (Å²) in [5.41, 5.74) is 0.581. The average Bonchev–Trinajstić information content (AvgIpc) is 2.88. The first-order valence-corrected chi connectivity index (χ1v) is 4.77. The van der Waals surface area contributed by atoms with Gasteiger partial charge in [-0.3, -0.25) is 0 Å². The molecule has 1 atom stereocenters. The Morgan fingerprint density at radius 1 is 1.60 bits per heavy atom. The molecule has 15 heavy (non-hydrogen) atoms. The van der Waals surface area contributed by atoms with Crippen molar-refractivity contribution in [2.45, 2.75) is 26.0 Å².